The van der Waals surface area contributed by atoms with Crippen LogP contribution in [0.1, 0.15) is 16.5 Å². The van der Waals surface area contributed by atoms with Gasteiger partial charge in [0.2, 0.25) is 0 Å². The fraction of sp³-hybridized carbons (Fsp3) is 0.143. The summed E-state index contributed by atoms with van der Waals surface area (Å²) in [7, 11) is -2.14. The Morgan fingerprint density at radius 1 is 1.10 bits per heavy atom. The quantitative estimate of drug-likeness (QED) is 0.690. The van der Waals surface area contributed by atoms with Crippen LogP contribution in [-0.4, -0.2) is 15.5 Å². The fourth-order valence-electron chi connectivity index (χ4n) is 2.37. The lowest BCUT2D eigenvalue weighted by Gasteiger charge is -2.19. The van der Waals surface area contributed by atoms with Crippen molar-refractivity contribution in [2.45, 2.75) is 10.3 Å². The summed E-state index contributed by atoms with van der Waals surface area (Å²) in [4.78, 5) is 0.156. The van der Waals surface area contributed by atoms with Gasteiger partial charge >= 0.3 is 0 Å². The Bertz CT molecular complexity index is 790. The summed E-state index contributed by atoms with van der Waals surface area (Å²) in [5.41, 5.74) is 1.90. The number of hydrogen-bond acceptors (Lipinski definition) is 2. The minimum atomic E-state index is -3.66. The molecular formula is C14H11Cl2NO2S. The van der Waals surface area contributed by atoms with Crippen LogP contribution in [0.2, 0.25) is 5.02 Å². The van der Waals surface area contributed by atoms with Crippen LogP contribution in [0.25, 0.3) is 0 Å². The lowest BCUT2D eigenvalue weighted by Crippen LogP contribution is -2.26. The molecule has 0 unspecified atom stereocenters. The first-order valence-electron chi connectivity index (χ1n) is 5.94. The Hall–Kier alpha value is -1.23. The zero-order valence-corrected chi connectivity index (χ0v) is 12.9. The molecule has 1 aliphatic heterocycles. The maximum absolute atomic E-state index is 12.7. The second-order valence-electron chi connectivity index (χ2n) is 4.58. The van der Waals surface area contributed by atoms with E-state index in [1.807, 2.05) is 12.1 Å². The van der Waals surface area contributed by atoms with Gasteiger partial charge in [-0.1, -0.05) is 35.9 Å². The van der Waals surface area contributed by atoms with Gasteiger partial charge in [0.25, 0.3) is 10.0 Å². The Morgan fingerprint density at radius 3 is 2.55 bits per heavy atom. The van der Waals surface area contributed by atoms with Gasteiger partial charge < -0.3 is 0 Å². The molecule has 0 N–H and O–H groups in total. The molecule has 6 heteroatoms. The predicted octanol–water partition coefficient (Wildman–Crippen LogP) is 3.81. The van der Waals surface area contributed by atoms with Gasteiger partial charge in [-0.2, -0.15) is 0 Å². The average Bonchev–Trinajstić information content (AvgIpc) is 2.50. The van der Waals surface area contributed by atoms with Crippen LogP contribution in [0.3, 0.4) is 0 Å². The van der Waals surface area contributed by atoms with Crippen molar-refractivity contribution in [3.05, 3.63) is 58.6 Å². The van der Waals surface area contributed by atoms with E-state index < -0.39 is 15.4 Å². The predicted molar refractivity (Wildman–Crippen MR) is 81.2 cm³/mol. The minimum Gasteiger partial charge on any atom is -0.269 e. The summed E-state index contributed by atoms with van der Waals surface area (Å²) < 4.78 is 26.6. The smallest absolute Gasteiger partial charge is 0.264 e. The van der Waals surface area contributed by atoms with Crippen molar-refractivity contribution in [1.82, 2.24) is 0 Å². The van der Waals surface area contributed by atoms with Gasteiger partial charge in [0.1, 0.15) is 0 Å². The molecule has 2 aromatic carbocycles. The third-order valence-corrected chi connectivity index (χ3v) is 5.97. The molecule has 2 aromatic rings. The summed E-state index contributed by atoms with van der Waals surface area (Å²) in [6, 6.07) is 12.0. The summed E-state index contributed by atoms with van der Waals surface area (Å²) in [5, 5.41) is -0.159. The van der Waals surface area contributed by atoms with Gasteiger partial charge in [-0.05, 0) is 29.3 Å². The number of benzene rings is 2. The molecule has 0 aliphatic carbocycles. The molecule has 3 rings (SSSR count). The summed E-state index contributed by atoms with van der Waals surface area (Å²) in [6.07, 6.45) is 0. The first kappa shape index (κ1) is 13.7. The average molecular weight is 328 g/mol. The molecule has 104 valence electrons. The number of hydrogen-bond donors (Lipinski definition) is 0. The minimum absolute atomic E-state index is 0.156. The number of anilines is 1. The number of para-hydroxylation sites is 1. The van der Waals surface area contributed by atoms with Gasteiger partial charge in [0, 0.05) is 12.1 Å². The maximum atomic E-state index is 12.7. The van der Waals surface area contributed by atoms with Crippen LogP contribution in [0, 0.1) is 0 Å². The highest BCUT2D eigenvalue weighted by atomic mass is 35.5. The molecule has 0 spiro atoms. The van der Waals surface area contributed by atoms with E-state index in [1.165, 1.54) is 17.4 Å². The van der Waals surface area contributed by atoms with E-state index >= 15 is 0 Å². The molecule has 0 radical (unpaired) electrons. The number of alkyl halides is 1. The van der Waals surface area contributed by atoms with E-state index in [4.69, 9.17) is 23.2 Å². The van der Waals surface area contributed by atoms with Crippen molar-refractivity contribution in [3.8, 4) is 0 Å². The molecule has 0 saturated carbocycles. The highest BCUT2D eigenvalue weighted by molar-refractivity contribution is 7.92. The van der Waals surface area contributed by atoms with E-state index in [1.54, 1.807) is 24.3 Å². The molecule has 0 aromatic heterocycles. The third kappa shape index (κ3) is 1.91. The van der Waals surface area contributed by atoms with Gasteiger partial charge in [0.05, 0.1) is 16.0 Å². The van der Waals surface area contributed by atoms with Gasteiger partial charge in [-0.25, -0.2) is 8.42 Å². The number of halogens is 2. The molecule has 1 atom stereocenters. The van der Waals surface area contributed by atoms with Crippen molar-refractivity contribution in [2.75, 3.05) is 11.4 Å². The van der Waals surface area contributed by atoms with E-state index in [2.05, 4.69) is 0 Å². The van der Waals surface area contributed by atoms with E-state index in [9.17, 15) is 8.42 Å². The zero-order valence-electron chi connectivity index (χ0n) is 10.5. The lowest BCUT2D eigenvalue weighted by atomic mass is 10.0. The van der Waals surface area contributed by atoms with E-state index in [0.717, 1.165) is 5.56 Å². The highest BCUT2D eigenvalue weighted by Crippen LogP contribution is 2.43. The van der Waals surface area contributed by atoms with Crippen molar-refractivity contribution < 1.29 is 8.42 Å². The van der Waals surface area contributed by atoms with Crippen LogP contribution in [-0.2, 0) is 10.0 Å². The summed E-state index contributed by atoms with van der Waals surface area (Å²) in [6.45, 7) is 0. The standard InChI is InChI=1S/C14H11Cl2NO2S/c1-17-12-5-3-2-4-10(12)14(16)11-7-6-9(15)8-13(11)20(17,18)19/h2-8,14H,1H3/t14-/m0/s1. The van der Waals surface area contributed by atoms with Crippen molar-refractivity contribution >= 4 is 38.9 Å². The van der Waals surface area contributed by atoms with Gasteiger partial charge in [-0.3, -0.25) is 4.31 Å². The van der Waals surface area contributed by atoms with Crippen LogP contribution in [0.4, 0.5) is 5.69 Å². The molecular weight excluding hydrogens is 317 g/mol. The highest BCUT2D eigenvalue weighted by Gasteiger charge is 2.34. The molecule has 0 bridgehead atoms. The molecule has 0 amide bonds. The van der Waals surface area contributed by atoms with Crippen molar-refractivity contribution in [3.63, 3.8) is 0 Å². The Balaban J connectivity index is 2.41. The summed E-state index contributed by atoms with van der Waals surface area (Å²) >= 11 is 12.4. The summed E-state index contributed by atoms with van der Waals surface area (Å²) in [5.74, 6) is 0. The lowest BCUT2D eigenvalue weighted by molar-refractivity contribution is 0.594. The molecule has 0 fully saturated rings. The number of rotatable bonds is 0. The van der Waals surface area contributed by atoms with Crippen LogP contribution < -0.4 is 4.31 Å². The van der Waals surface area contributed by atoms with E-state index in [-0.39, 0.29) is 4.90 Å². The van der Waals surface area contributed by atoms with Crippen molar-refractivity contribution in [2.24, 2.45) is 0 Å². The molecule has 3 nitrogen and oxygen atoms in total. The Labute approximate surface area is 127 Å². The maximum Gasteiger partial charge on any atom is 0.264 e. The number of fused-ring (bicyclic) bond motifs is 2. The second-order valence-corrected chi connectivity index (χ2v) is 7.39. The first-order chi connectivity index (χ1) is 9.43. The van der Waals surface area contributed by atoms with Crippen molar-refractivity contribution in [1.29, 1.82) is 0 Å². The molecule has 1 heterocycles. The number of sulfonamides is 1. The Morgan fingerprint density at radius 2 is 1.80 bits per heavy atom. The normalized spacial score (nSPS) is 19.9. The van der Waals surface area contributed by atoms with E-state index in [0.29, 0.717) is 16.3 Å². The third-order valence-electron chi connectivity index (χ3n) is 3.44. The fourth-order valence-corrected chi connectivity index (χ4v) is 4.53. The monoisotopic (exact) mass is 327 g/mol. The van der Waals surface area contributed by atoms with Gasteiger partial charge in [-0.15, -0.1) is 11.6 Å². The van der Waals surface area contributed by atoms with Gasteiger partial charge in [0.15, 0.2) is 0 Å². The van der Waals surface area contributed by atoms with Crippen LogP contribution in [0.5, 0.6) is 0 Å². The largest absolute Gasteiger partial charge is 0.269 e. The molecule has 0 saturated heterocycles. The SMILES string of the molecule is CN1c2ccccc2[C@H](Cl)c2ccc(Cl)cc2S1(=O)=O. The first-order valence-corrected chi connectivity index (χ1v) is 8.20. The second kappa shape index (κ2) is 4.65. The topological polar surface area (TPSA) is 37.4 Å². The van der Waals surface area contributed by atoms with Crippen LogP contribution in [0.15, 0.2) is 47.4 Å². The Kier molecular flexibility index (Phi) is 3.20. The van der Waals surface area contributed by atoms with Crippen LogP contribution >= 0.6 is 23.2 Å². The number of nitrogens with zero attached hydrogens (tertiary/aromatic N) is 1. The molecule has 1 aliphatic rings. The molecule has 20 heavy (non-hydrogen) atoms. The zero-order chi connectivity index (χ0) is 14.5.